The molecule has 1 aliphatic heterocycles. The van der Waals surface area contributed by atoms with E-state index in [9.17, 15) is 0 Å². The van der Waals surface area contributed by atoms with Crippen LogP contribution in [0.2, 0.25) is 0 Å². The zero-order valence-electron chi connectivity index (χ0n) is 10.6. The van der Waals surface area contributed by atoms with Crippen LogP contribution >= 0.6 is 0 Å². The lowest BCUT2D eigenvalue weighted by atomic mass is 9.94. The Balaban J connectivity index is 0.00000133. The maximum atomic E-state index is 5.47. The van der Waals surface area contributed by atoms with Crippen LogP contribution in [-0.2, 0) is 0 Å². The monoisotopic (exact) mass is 262 g/mol. The summed E-state index contributed by atoms with van der Waals surface area (Å²) in [6.07, 6.45) is 3.49. The minimum atomic E-state index is 0. The second kappa shape index (κ2) is 6.06. The molecule has 1 fully saturated rings. The smallest absolute Gasteiger partial charge is 0.208 e. The Morgan fingerprint density at radius 3 is 3.05 bits per heavy atom. The number of nitrogens with zero attached hydrogens (tertiary/aromatic N) is 1. The van der Waals surface area contributed by atoms with Crippen LogP contribution in [0.5, 0.6) is 5.75 Å². The molecule has 0 aliphatic carbocycles. The van der Waals surface area contributed by atoms with Crippen molar-refractivity contribution >= 4 is 11.0 Å². The minimum Gasteiger partial charge on any atom is -0.493 e. The SMILES string of the molecule is C.COc1cccc2c(C3CCCNCC3)noc12. The third-order valence-corrected chi connectivity index (χ3v) is 3.67. The van der Waals surface area contributed by atoms with Gasteiger partial charge in [-0.15, -0.1) is 0 Å². The number of benzene rings is 1. The number of rotatable bonds is 2. The van der Waals surface area contributed by atoms with Crippen molar-refractivity contribution in [2.75, 3.05) is 20.2 Å². The van der Waals surface area contributed by atoms with Crippen LogP contribution in [0.3, 0.4) is 0 Å². The molecule has 1 aliphatic rings. The van der Waals surface area contributed by atoms with Crippen LogP contribution < -0.4 is 10.1 Å². The molecule has 1 saturated heterocycles. The van der Waals surface area contributed by atoms with Crippen LogP contribution in [0.15, 0.2) is 22.7 Å². The molecule has 1 aromatic heterocycles. The van der Waals surface area contributed by atoms with Crippen molar-refractivity contribution in [1.82, 2.24) is 10.5 Å². The first-order valence-electron chi connectivity index (χ1n) is 6.53. The van der Waals surface area contributed by atoms with E-state index in [1.807, 2.05) is 12.1 Å². The second-order valence-electron chi connectivity index (χ2n) is 4.78. The van der Waals surface area contributed by atoms with E-state index < -0.39 is 0 Å². The average molecular weight is 262 g/mol. The first-order valence-corrected chi connectivity index (χ1v) is 6.53. The molecule has 1 atom stereocenters. The summed E-state index contributed by atoms with van der Waals surface area (Å²) in [6.45, 7) is 2.17. The number of aromatic nitrogens is 1. The third kappa shape index (κ3) is 2.59. The Hall–Kier alpha value is -1.55. The van der Waals surface area contributed by atoms with Crippen molar-refractivity contribution in [3.63, 3.8) is 0 Å². The number of hydrogen-bond donors (Lipinski definition) is 1. The lowest BCUT2D eigenvalue weighted by Crippen LogP contribution is -2.13. The molecule has 4 heteroatoms. The summed E-state index contributed by atoms with van der Waals surface area (Å²) in [5.41, 5.74) is 1.86. The Morgan fingerprint density at radius 2 is 2.21 bits per heavy atom. The molecule has 0 bridgehead atoms. The molecule has 104 valence electrons. The summed E-state index contributed by atoms with van der Waals surface area (Å²) in [6, 6.07) is 5.98. The van der Waals surface area contributed by atoms with Gasteiger partial charge < -0.3 is 14.6 Å². The van der Waals surface area contributed by atoms with E-state index in [4.69, 9.17) is 9.26 Å². The van der Waals surface area contributed by atoms with Crippen molar-refractivity contribution in [2.45, 2.75) is 32.6 Å². The van der Waals surface area contributed by atoms with Gasteiger partial charge in [-0.3, -0.25) is 0 Å². The van der Waals surface area contributed by atoms with Gasteiger partial charge in [0.2, 0.25) is 5.58 Å². The molecule has 2 aromatic rings. The van der Waals surface area contributed by atoms with Gasteiger partial charge in [-0.1, -0.05) is 18.6 Å². The van der Waals surface area contributed by atoms with Crippen molar-refractivity contribution in [2.24, 2.45) is 0 Å². The number of ether oxygens (including phenoxy) is 1. The van der Waals surface area contributed by atoms with Crippen LogP contribution in [-0.4, -0.2) is 25.4 Å². The van der Waals surface area contributed by atoms with Gasteiger partial charge in [-0.05, 0) is 44.5 Å². The summed E-state index contributed by atoms with van der Waals surface area (Å²) in [5, 5.41) is 8.81. The van der Waals surface area contributed by atoms with Crippen molar-refractivity contribution < 1.29 is 9.26 Å². The Bertz CT molecular complexity index is 528. The molecule has 0 amide bonds. The fourth-order valence-corrected chi connectivity index (χ4v) is 2.70. The van der Waals surface area contributed by atoms with E-state index in [1.54, 1.807) is 7.11 Å². The topological polar surface area (TPSA) is 47.3 Å². The van der Waals surface area contributed by atoms with E-state index in [0.29, 0.717) is 5.92 Å². The molecule has 1 N–H and O–H groups in total. The van der Waals surface area contributed by atoms with Gasteiger partial charge in [-0.2, -0.15) is 0 Å². The fourth-order valence-electron chi connectivity index (χ4n) is 2.70. The summed E-state index contributed by atoms with van der Waals surface area (Å²) in [5.74, 6) is 1.26. The fraction of sp³-hybridized carbons (Fsp3) is 0.533. The first-order chi connectivity index (χ1) is 8.90. The van der Waals surface area contributed by atoms with Gasteiger partial charge in [0.25, 0.3) is 0 Å². The predicted molar refractivity (Wildman–Crippen MR) is 76.8 cm³/mol. The number of para-hydroxylation sites is 1. The molecule has 1 aromatic carbocycles. The second-order valence-corrected chi connectivity index (χ2v) is 4.78. The third-order valence-electron chi connectivity index (χ3n) is 3.67. The highest BCUT2D eigenvalue weighted by atomic mass is 16.5. The molecule has 3 rings (SSSR count). The van der Waals surface area contributed by atoms with E-state index in [1.165, 1.54) is 12.8 Å². The highest BCUT2D eigenvalue weighted by Crippen LogP contribution is 2.34. The lowest BCUT2D eigenvalue weighted by Gasteiger charge is -2.10. The van der Waals surface area contributed by atoms with Crippen molar-refractivity contribution in [3.05, 3.63) is 23.9 Å². The number of methoxy groups -OCH3 is 1. The largest absolute Gasteiger partial charge is 0.493 e. The number of hydrogen-bond acceptors (Lipinski definition) is 4. The van der Waals surface area contributed by atoms with Gasteiger partial charge in [0.1, 0.15) is 0 Å². The summed E-state index contributed by atoms with van der Waals surface area (Å²) >= 11 is 0. The molecule has 2 heterocycles. The molecule has 4 nitrogen and oxygen atoms in total. The standard InChI is InChI=1S/C14H18N2O2.CH4/c1-17-12-6-2-5-11-13(16-18-14(11)12)10-4-3-8-15-9-7-10;/h2,5-6,10,15H,3-4,7-9H2,1H3;1H4. The normalized spacial score (nSPS) is 19.7. The van der Waals surface area contributed by atoms with Gasteiger partial charge in [0, 0.05) is 11.3 Å². The van der Waals surface area contributed by atoms with Gasteiger partial charge in [0.15, 0.2) is 5.75 Å². The minimum absolute atomic E-state index is 0. The lowest BCUT2D eigenvalue weighted by molar-refractivity contribution is 0.387. The van der Waals surface area contributed by atoms with Gasteiger partial charge in [-0.25, -0.2) is 0 Å². The number of fused-ring (bicyclic) bond motifs is 1. The molecule has 0 radical (unpaired) electrons. The zero-order valence-corrected chi connectivity index (χ0v) is 10.6. The van der Waals surface area contributed by atoms with E-state index in [0.717, 1.165) is 41.9 Å². The average Bonchev–Trinajstić information content (AvgIpc) is 2.66. The van der Waals surface area contributed by atoms with Crippen LogP contribution in [0, 0.1) is 0 Å². The maximum Gasteiger partial charge on any atom is 0.208 e. The summed E-state index contributed by atoms with van der Waals surface area (Å²) in [4.78, 5) is 0. The first kappa shape index (κ1) is 13.9. The predicted octanol–water partition coefficient (Wildman–Crippen LogP) is 3.33. The zero-order chi connectivity index (χ0) is 12.4. The molecule has 0 saturated carbocycles. The summed E-state index contributed by atoms with van der Waals surface area (Å²) < 4.78 is 10.8. The molecular weight excluding hydrogens is 240 g/mol. The van der Waals surface area contributed by atoms with E-state index in [-0.39, 0.29) is 7.43 Å². The van der Waals surface area contributed by atoms with Crippen LogP contribution in [0.4, 0.5) is 0 Å². The highest BCUT2D eigenvalue weighted by molar-refractivity contribution is 5.85. The van der Waals surface area contributed by atoms with E-state index in [2.05, 4.69) is 16.5 Å². The Morgan fingerprint density at radius 1 is 1.32 bits per heavy atom. The number of nitrogens with one attached hydrogen (secondary N) is 1. The molecule has 1 unspecified atom stereocenters. The Labute approximate surface area is 114 Å². The highest BCUT2D eigenvalue weighted by Gasteiger charge is 2.21. The molecule has 19 heavy (non-hydrogen) atoms. The van der Waals surface area contributed by atoms with Crippen molar-refractivity contribution in [3.8, 4) is 5.75 Å². The van der Waals surface area contributed by atoms with Gasteiger partial charge in [0.05, 0.1) is 12.8 Å². The van der Waals surface area contributed by atoms with Crippen LogP contribution in [0.1, 0.15) is 38.3 Å². The van der Waals surface area contributed by atoms with Crippen molar-refractivity contribution in [1.29, 1.82) is 0 Å². The van der Waals surface area contributed by atoms with E-state index >= 15 is 0 Å². The molecule has 0 spiro atoms. The quantitative estimate of drug-likeness (QED) is 0.901. The van der Waals surface area contributed by atoms with Gasteiger partial charge >= 0.3 is 0 Å². The summed E-state index contributed by atoms with van der Waals surface area (Å²) in [7, 11) is 1.66. The molecular formula is C15H22N2O2. The maximum absolute atomic E-state index is 5.47. The van der Waals surface area contributed by atoms with Crippen LogP contribution in [0.25, 0.3) is 11.0 Å². The Kier molecular flexibility index (Phi) is 4.43.